The van der Waals surface area contributed by atoms with Gasteiger partial charge in [0.15, 0.2) is 5.11 Å². The number of hydrogen-bond donors (Lipinski definition) is 2. The van der Waals surface area contributed by atoms with Crippen LogP contribution in [0.3, 0.4) is 0 Å². The third kappa shape index (κ3) is 4.92. The molecule has 0 aromatic heterocycles. The molecular formula is C7H7N2NaO3S2. The van der Waals surface area contributed by atoms with Gasteiger partial charge in [-0.2, -0.15) is 0 Å². The van der Waals surface area contributed by atoms with Crippen molar-refractivity contribution in [1.82, 2.24) is 0 Å². The second-order valence-electron chi connectivity index (χ2n) is 2.47. The van der Waals surface area contributed by atoms with Crippen molar-refractivity contribution in [2.24, 2.45) is 5.73 Å². The molecule has 0 saturated carbocycles. The number of rotatable bonds is 2. The van der Waals surface area contributed by atoms with E-state index in [1.54, 1.807) is 0 Å². The molecule has 0 saturated heterocycles. The van der Waals surface area contributed by atoms with Gasteiger partial charge in [-0.3, -0.25) is 0 Å². The summed E-state index contributed by atoms with van der Waals surface area (Å²) < 4.78 is 31.6. The molecule has 0 unspecified atom stereocenters. The molecule has 0 bridgehead atoms. The maximum Gasteiger partial charge on any atom is 1.00 e. The van der Waals surface area contributed by atoms with Crippen LogP contribution in [-0.2, 0) is 10.1 Å². The first-order valence-electron chi connectivity index (χ1n) is 3.52. The Kier molecular flexibility index (Phi) is 5.71. The largest absolute Gasteiger partial charge is 1.00 e. The first-order valence-corrected chi connectivity index (χ1v) is 5.33. The molecule has 0 aliphatic heterocycles. The molecule has 3 N–H and O–H groups in total. The first kappa shape index (κ1) is 14.8. The van der Waals surface area contributed by atoms with Gasteiger partial charge in [-0.15, -0.1) is 0 Å². The van der Waals surface area contributed by atoms with Crippen molar-refractivity contribution in [3.63, 3.8) is 0 Å². The Morgan fingerprint density at radius 1 is 1.33 bits per heavy atom. The number of nitrogens with one attached hydrogen (secondary N) is 1. The van der Waals surface area contributed by atoms with E-state index in [1.807, 2.05) is 0 Å². The van der Waals surface area contributed by atoms with Gasteiger partial charge in [-0.05, 0) is 36.5 Å². The fraction of sp³-hybridized carbons (Fsp3) is 0. The van der Waals surface area contributed by atoms with Crippen LogP contribution in [0.25, 0.3) is 0 Å². The van der Waals surface area contributed by atoms with Crippen molar-refractivity contribution in [2.45, 2.75) is 4.90 Å². The van der Waals surface area contributed by atoms with Crippen LogP contribution in [0.4, 0.5) is 5.69 Å². The van der Waals surface area contributed by atoms with Crippen molar-refractivity contribution in [3.05, 3.63) is 24.3 Å². The minimum absolute atomic E-state index is 0. The van der Waals surface area contributed by atoms with Crippen LogP contribution in [0, 0.1) is 0 Å². The maximum absolute atomic E-state index is 10.5. The molecular weight excluding hydrogens is 247 g/mol. The molecule has 0 atom stereocenters. The summed E-state index contributed by atoms with van der Waals surface area (Å²) in [4.78, 5) is -0.286. The first-order chi connectivity index (χ1) is 6.39. The fourth-order valence-electron chi connectivity index (χ4n) is 0.847. The zero-order chi connectivity index (χ0) is 10.8. The summed E-state index contributed by atoms with van der Waals surface area (Å²) in [5.41, 5.74) is 5.72. The molecule has 0 aliphatic rings. The quantitative estimate of drug-likeness (QED) is 0.337. The third-order valence-corrected chi connectivity index (χ3v) is 2.36. The molecule has 8 heteroatoms. The molecule has 76 valence electrons. The van der Waals surface area contributed by atoms with E-state index in [0.717, 1.165) is 0 Å². The van der Waals surface area contributed by atoms with Crippen LogP contribution >= 0.6 is 12.2 Å². The molecule has 1 aromatic carbocycles. The molecule has 15 heavy (non-hydrogen) atoms. The summed E-state index contributed by atoms with van der Waals surface area (Å²) in [6.07, 6.45) is 0. The molecule has 0 radical (unpaired) electrons. The van der Waals surface area contributed by atoms with E-state index in [0.29, 0.717) is 5.69 Å². The summed E-state index contributed by atoms with van der Waals surface area (Å²) in [7, 11) is -4.39. The van der Waals surface area contributed by atoms with Crippen LogP contribution in [0.5, 0.6) is 0 Å². The van der Waals surface area contributed by atoms with Gasteiger partial charge < -0.3 is 15.6 Å². The van der Waals surface area contributed by atoms with E-state index in [4.69, 9.17) is 5.73 Å². The predicted octanol–water partition coefficient (Wildman–Crippen LogP) is -2.75. The summed E-state index contributed by atoms with van der Waals surface area (Å²) in [5.74, 6) is 0. The van der Waals surface area contributed by atoms with Crippen molar-refractivity contribution in [3.8, 4) is 0 Å². The van der Waals surface area contributed by atoms with Gasteiger partial charge in [-0.1, -0.05) is 0 Å². The smallest absolute Gasteiger partial charge is 0.744 e. The minimum atomic E-state index is -4.39. The van der Waals surface area contributed by atoms with Crippen molar-refractivity contribution in [1.29, 1.82) is 0 Å². The average Bonchev–Trinajstić information content (AvgIpc) is 2.02. The van der Waals surface area contributed by atoms with Crippen molar-refractivity contribution >= 4 is 33.1 Å². The van der Waals surface area contributed by atoms with Gasteiger partial charge in [0.2, 0.25) is 0 Å². The molecule has 0 spiro atoms. The van der Waals surface area contributed by atoms with E-state index in [-0.39, 0.29) is 39.6 Å². The molecule has 1 rings (SSSR count). The van der Waals surface area contributed by atoms with Crippen molar-refractivity contribution < 1.29 is 42.5 Å². The Hall–Kier alpha value is -0.180. The fourth-order valence-corrected chi connectivity index (χ4v) is 1.43. The molecule has 0 amide bonds. The minimum Gasteiger partial charge on any atom is -0.744 e. The van der Waals surface area contributed by atoms with Gasteiger partial charge in [0, 0.05) is 5.69 Å². The summed E-state index contributed by atoms with van der Waals surface area (Å²) in [6, 6.07) is 5.18. The van der Waals surface area contributed by atoms with Crippen LogP contribution in [0.15, 0.2) is 29.2 Å². The molecule has 0 aliphatic carbocycles. The van der Waals surface area contributed by atoms with Crippen LogP contribution in [-0.4, -0.2) is 18.1 Å². The zero-order valence-corrected chi connectivity index (χ0v) is 11.6. The molecule has 5 nitrogen and oxygen atoms in total. The van der Waals surface area contributed by atoms with Gasteiger partial charge in [-0.25, -0.2) is 8.42 Å². The van der Waals surface area contributed by atoms with Gasteiger partial charge in [0.1, 0.15) is 10.1 Å². The topological polar surface area (TPSA) is 95.2 Å². The number of anilines is 1. The summed E-state index contributed by atoms with van der Waals surface area (Å²) in [5, 5.41) is 2.67. The van der Waals surface area contributed by atoms with Crippen LogP contribution < -0.4 is 40.6 Å². The van der Waals surface area contributed by atoms with Gasteiger partial charge in [0.05, 0.1) is 4.90 Å². The standard InChI is InChI=1S/C7H8N2O3S2.Na/c8-7(13)9-5-1-3-6(4-2-5)14(10,11)12;/h1-4H,(H3,8,9,13)(H,10,11,12);/q;+1/p-1. The second-order valence-corrected chi connectivity index (χ2v) is 4.29. The molecule has 0 heterocycles. The van der Waals surface area contributed by atoms with E-state index in [2.05, 4.69) is 17.5 Å². The SMILES string of the molecule is NC(=S)Nc1ccc(S(=O)(=O)[O-])cc1.[Na+]. The van der Waals surface area contributed by atoms with Crippen LogP contribution in [0.2, 0.25) is 0 Å². The summed E-state index contributed by atoms with van der Waals surface area (Å²) >= 11 is 4.57. The molecule has 1 aromatic rings. The van der Waals surface area contributed by atoms with E-state index in [9.17, 15) is 13.0 Å². The van der Waals surface area contributed by atoms with E-state index in [1.165, 1.54) is 24.3 Å². The monoisotopic (exact) mass is 254 g/mol. The van der Waals surface area contributed by atoms with E-state index < -0.39 is 10.1 Å². The second kappa shape index (κ2) is 5.78. The number of nitrogens with two attached hydrogens (primary N) is 1. The third-order valence-electron chi connectivity index (χ3n) is 1.41. The molecule has 0 fully saturated rings. The normalized spacial score (nSPS) is 10.2. The zero-order valence-electron chi connectivity index (χ0n) is 7.93. The predicted molar refractivity (Wildman–Crippen MR) is 54.8 cm³/mol. The Bertz CT molecular complexity index is 444. The van der Waals surface area contributed by atoms with Crippen LogP contribution in [0.1, 0.15) is 0 Å². The average molecular weight is 254 g/mol. The van der Waals surface area contributed by atoms with Gasteiger partial charge in [0.25, 0.3) is 0 Å². The summed E-state index contributed by atoms with van der Waals surface area (Å²) in [6.45, 7) is 0. The Morgan fingerprint density at radius 2 is 1.80 bits per heavy atom. The number of thiocarbonyl (C=S) groups is 1. The number of hydrogen-bond acceptors (Lipinski definition) is 4. The van der Waals surface area contributed by atoms with Gasteiger partial charge >= 0.3 is 29.6 Å². The Balaban J connectivity index is 0.00000196. The maximum atomic E-state index is 10.5. The Morgan fingerprint density at radius 3 is 2.13 bits per heavy atom. The van der Waals surface area contributed by atoms with E-state index >= 15 is 0 Å². The van der Waals surface area contributed by atoms with Crippen molar-refractivity contribution in [2.75, 3.05) is 5.32 Å². The number of benzene rings is 1. The Labute approximate surface area is 115 Å².